The van der Waals surface area contributed by atoms with Gasteiger partial charge in [0.05, 0.1) is 30.0 Å². The predicted molar refractivity (Wildman–Crippen MR) is 91.3 cm³/mol. The van der Waals surface area contributed by atoms with E-state index in [-0.39, 0.29) is 12.1 Å². The van der Waals surface area contributed by atoms with Gasteiger partial charge in [-0.25, -0.2) is 14.6 Å². The Kier molecular flexibility index (Phi) is 4.84. The third-order valence-corrected chi connectivity index (χ3v) is 5.21. The number of anilines is 1. The van der Waals surface area contributed by atoms with Gasteiger partial charge in [-0.2, -0.15) is 0 Å². The molecule has 0 aromatic carbocycles. The summed E-state index contributed by atoms with van der Waals surface area (Å²) in [4.78, 5) is 29.9. The maximum absolute atomic E-state index is 12.5. The molecule has 1 fully saturated rings. The molecule has 24 heavy (non-hydrogen) atoms. The van der Waals surface area contributed by atoms with Crippen molar-refractivity contribution in [1.82, 2.24) is 14.5 Å². The van der Waals surface area contributed by atoms with Crippen LogP contribution >= 0.6 is 11.3 Å². The summed E-state index contributed by atoms with van der Waals surface area (Å²) >= 11 is 1.31. The number of nitrogens with one attached hydrogen (secondary N) is 1. The molecule has 2 atom stereocenters. The number of likely N-dealkylation sites (tertiary alicyclic amines) is 1. The van der Waals surface area contributed by atoms with Gasteiger partial charge < -0.3 is 14.2 Å². The normalized spacial score (nSPS) is 20.7. The van der Waals surface area contributed by atoms with Crippen LogP contribution in [0.1, 0.15) is 29.7 Å². The van der Waals surface area contributed by atoms with Crippen molar-refractivity contribution in [3.8, 4) is 0 Å². The fourth-order valence-corrected chi connectivity index (χ4v) is 3.66. The van der Waals surface area contributed by atoms with Gasteiger partial charge >= 0.3 is 12.0 Å². The van der Waals surface area contributed by atoms with E-state index in [2.05, 4.69) is 26.5 Å². The zero-order valence-corrected chi connectivity index (χ0v) is 14.5. The number of hydrogen-bond donors (Lipinski definition) is 1. The SMILES string of the molecule is COC(=O)c1csc(NC(=O)N2CC[C@H](C)[C@H](n3ccnc3)C2)c1. The molecule has 0 bridgehead atoms. The van der Waals surface area contributed by atoms with Crippen LogP contribution in [0.2, 0.25) is 0 Å². The van der Waals surface area contributed by atoms with Crippen LogP contribution in [0.5, 0.6) is 0 Å². The molecule has 0 saturated carbocycles. The Balaban J connectivity index is 1.64. The molecule has 3 rings (SSSR count). The first-order chi connectivity index (χ1) is 11.6. The largest absolute Gasteiger partial charge is 0.465 e. The van der Waals surface area contributed by atoms with E-state index in [4.69, 9.17) is 0 Å². The number of thiophene rings is 1. The standard InChI is InChI=1S/C16H20N4O3S/c1-11-3-5-19(8-13(11)20-6-4-17-10-20)16(22)18-14-7-12(9-24-14)15(21)23-2/h4,6-7,9-11,13H,3,5,8H2,1-2H3,(H,18,22)/t11-,13+/m0/s1. The first kappa shape index (κ1) is 16.5. The van der Waals surface area contributed by atoms with E-state index in [1.165, 1.54) is 18.4 Å². The van der Waals surface area contributed by atoms with Crippen LogP contribution in [0.25, 0.3) is 0 Å². The number of methoxy groups -OCH3 is 1. The molecular weight excluding hydrogens is 328 g/mol. The molecule has 1 saturated heterocycles. The fraction of sp³-hybridized carbons (Fsp3) is 0.438. The van der Waals surface area contributed by atoms with Crippen LogP contribution in [0.4, 0.5) is 9.80 Å². The van der Waals surface area contributed by atoms with Crippen molar-refractivity contribution in [2.24, 2.45) is 5.92 Å². The van der Waals surface area contributed by atoms with E-state index in [9.17, 15) is 9.59 Å². The van der Waals surface area contributed by atoms with Crippen LogP contribution in [0.15, 0.2) is 30.2 Å². The lowest BCUT2D eigenvalue weighted by Crippen LogP contribution is -2.45. The maximum atomic E-state index is 12.5. The summed E-state index contributed by atoms with van der Waals surface area (Å²) in [6, 6.07) is 1.71. The molecule has 2 aromatic rings. The van der Waals surface area contributed by atoms with Crippen molar-refractivity contribution in [3.05, 3.63) is 35.7 Å². The number of carbonyl (C=O) groups excluding carboxylic acids is 2. The summed E-state index contributed by atoms with van der Waals surface area (Å²) < 4.78 is 6.73. The number of urea groups is 1. The molecule has 8 heteroatoms. The number of piperidine rings is 1. The fourth-order valence-electron chi connectivity index (χ4n) is 2.90. The third-order valence-electron chi connectivity index (χ3n) is 4.36. The summed E-state index contributed by atoms with van der Waals surface area (Å²) in [5.41, 5.74) is 0.446. The Hall–Kier alpha value is -2.35. The van der Waals surface area contributed by atoms with Crippen LogP contribution in [-0.4, -0.2) is 46.7 Å². The highest BCUT2D eigenvalue weighted by atomic mass is 32.1. The highest BCUT2D eigenvalue weighted by molar-refractivity contribution is 7.14. The number of esters is 1. The predicted octanol–water partition coefficient (Wildman–Crippen LogP) is 2.85. The molecule has 0 spiro atoms. The Morgan fingerprint density at radius 1 is 1.46 bits per heavy atom. The van der Waals surface area contributed by atoms with E-state index in [1.807, 2.05) is 11.1 Å². The molecule has 1 aliphatic heterocycles. The summed E-state index contributed by atoms with van der Waals surface area (Å²) in [6.07, 6.45) is 6.43. The minimum absolute atomic E-state index is 0.148. The first-order valence-electron chi connectivity index (χ1n) is 7.78. The Labute approximate surface area is 144 Å². The minimum atomic E-state index is -0.404. The monoisotopic (exact) mass is 348 g/mol. The second-order valence-corrected chi connectivity index (χ2v) is 6.82. The van der Waals surface area contributed by atoms with Crippen LogP contribution in [-0.2, 0) is 4.74 Å². The Morgan fingerprint density at radius 3 is 3.00 bits per heavy atom. The molecule has 0 radical (unpaired) electrons. The number of ether oxygens (including phenoxy) is 1. The highest BCUT2D eigenvalue weighted by Gasteiger charge is 2.30. The quantitative estimate of drug-likeness (QED) is 0.866. The molecule has 3 heterocycles. The van der Waals surface area contributed by atoms with E-state index in [1.54, 1.807) is 24.0 Å². The van der Waals surface area contributed by atoms with Crippen LogP contribution in [0.3, 0.4) is 0 Å². The second kappa shape index (κ2) is 7.04. The maximum Gasteiger partial charge on any atom is 0.338 e. The number of nitrogens with zero attached hydrogens (tertiary/aromatic N) is 3. The number of rotatable bonds is 3. The highest BCUT2D eigenvalue weighted by Crippen LogP contribution is 2.28. The van der Waals surface area contributed by atoms with Crippen molar-refractivity contribution >= 4 is 28.3 Å². The van der Waals surface area contributed by atoms with Crippen molar-refractivity contribution in [2.75, 3.05) is 25.5 Å². The van der Waals surface area contributed by atoms with Gasteiger partial charge in [0.1, 0.15) is 0 Å². The van der Waals surface area contributed by atoms with Gasteiger partial charge in [-0.15, -0.1) is 11.3 Å². The lowest BCUT2D eigenvalue weighted by Gasteiger charge is -2.37. The Morgan fingerprint density at radius 2 is 2.29 bits per heavy atom. The Bertz CT molecular complexity index is 713. The smallest absolute Gasteiger partial charge is 0.338 e. The number of hydrogen-bond acceptors (Lipinski definition) is 5. The summed E-state index contributed by atoms with van der Waals surface area (Å²) in [5.74, 6) is 0.0784. The van der Waals surface area contributed by atoms with Gasteiger partial charge in [0, 0.05) is 30.9 Å². The molecule has 2 amide bonds. The van der Waals surface area contributed by atoms with Crippen molar-refractivity contribution < 1.29 is 14.3 Å². The number of imidazole rings is 1. The number of aromatic nitrogens is 2. The summed E-state index contributed by atoms with van der Waals surface area (Å²) in [7, 11) is 1.34. The van der Waals surface area contributed by atoms with Gasteiger partial charge in [0.15, 0.2) is 0 Å². The van der Waals surface area contributed by atoms with Gasteiger partial charge in [-0.05, 0) is 18.4 Å². The second-order valence-electron chi connectivity index (χ2n) is 5.91. The van der Waals surface area contributed by atoms with E-state index in [0.717, 1.165) is 6.42 Å². The van der Waals surface area contributed by atoms with Crippen molar-refractivity contribution in [3.63, 3.8) is 0 Å². The third kappa shape index (κ3) is 3.43. The first-order valence-corrected chi connectivity index (χ1v) is 8.66. The van der Waals surface area contributed by atoms with Crippen molar-refractivity contribution in [2.45, 2.75) is 19.4 Å². The molecule has 0 unspecified atom stereocenters. The van der Waals surface area contributed by atoms with Gasteiger partial charge in [-0.1, -0.05) is 6.92 Å². The number of amides is 2. The van der Waals surface area contributed by atoms with Crippen LogP contribution in [0, 0.1) is 5.92 Å². The average molecular weight is 348 g/mol. The molecule has 2 aromatic heterocycles. The zero-order valence-electron chi connectivity index (χ0n) is 13.6. The van der Waals surface area contributed by atoms with Crippen molar-refractivity contribution in [1.29, 1.82) is 0 Å². The topological polar surface area (TPSA) is 76.5 Å². The lowest BCUT2D eigenvalue weighted by atomic mass is 9.93. The van der Waals surface area contributed by atoms with E-state index >= 15 is 0 Å². The molecule has 0 aliphatic carbocycles. The summed E-state index contributed by atoms with van der Waals surface area (Å²) in [5, 5.41) is 5.18. The lowest BCUT2D eigenvalue weighted by molar-refractivity contribution is 0.0601. The minimum Gasteiger partial charge on any atom is -0.465 e. The molecule has 1 aliphatic rings. The average Bonchev–Trinajstić information content (AvgIpc) is 3.26. The molecule has 7 nitrogen and oxygen atoms in total. The van der Waals surface area contributed by atoms with E-state index in [0.29, 0.717) is 29.6 Å². The van der Waals surface area contributed by atoms with Gasteiger partial charge in [0.25, 0.3) is 0 Å². The zero-order chi connectivity index (χ0) is 17.1. The molecule has 128 valence electrons. The van der Waals surface area contributed by atoms with Gasteiger partial charge in [-0.3, -0.25) is 5.32 Å². The number of carbonyl (C=O) groups is 2. The van der Waals surface area contributed by atoms with E-state index < -0.39 is 5.97 Å². The molecular formula is C16H20N4O3S. The molecule has 1 N–H and O–H groups in total. The summed E-state index contributed by atoms with van der Waals surface area (Å²) in [6.45, 7) is 3.55. The van der Waals surface area contributed by atoms with Crippen LogP contribution < -0.4 is 5.32 Å². The van der Waals surface area contributed by atoms with Gasteiger partial charge in [0.2, 0.25) is 0 Å².